The van der Waals surface area contributed by atoms with Gasteiger partial charge >= 0.3 is 0 Å². The summed E-state index contributed by atoms with van der Waals surface area (Å²) in [5.41, 5.74) is 2.83. The zero-order chi connectivity index (χ0) is 12.3. The molecular formula is C13H17N3O. The van der Waals surface area contributed by atoms with Crippen LogP contribution in [0.4, 0.5) is 5.69 Å². The van der Waals surface area contributed by atoms with E-state index in [-0.39, 0.29) is 5.91 Å². The molecule has 0 spiro atoms. The van der Waals surface area contributed by atoms with Crippen molar-refractivity contribution < 1.29 is 4.79 Å². The van der Waals surface area contributed by atoms with Gasteiger partial charge in [0.1, 0.15) is 0 Å². The summed E-state index contributed by atoms with van der Waals surface area (Å²) in [7, 11) is 0. The molecule has 1 aromatic carbocycles. The van der Waals surface area contributed by atoms with Crippen LogP contribution in [0.15, 0.2) is 24.5 Å². The normalized spacial score (nSPS) is 10.7. The van der Waals surface area contributed by atoms with Crippen molar-refractivity contribution in [3.63, 3.8) is 0 Å². The summed E-state index contributed by atoms with van der Waals surface area (Å²) in [5, 5.41) is 2.87. The predicted octanol–water partition coefficient (Wildman–Crippen LogP) is 2.79. The number of aryl methyl sites for hydroxylation is 1. The predicted molar refractivity (Wildman–Crippen MR) is 68.9 cm³/mol. The van der Waals surface area contributed by atoms with E-state index in [1.807, 2.05) is 31.5 Å². The molecule has 4 nitrogen and oxygen atoms in total. The molecule has 1 heterocycles. The van der Waals surface area contributed by atoms with Crippen molar-refractivity contribution in [2.75, 3.05) is 5.32 Å². The molecule has 0 fully saturated rings. The number of fused-ring (bicyclic) bond motifs is 1. The number of nitrogens with one attached hydrogen (secondary N) is 1. The number of anilines is 1. The second kappa shape index (κ2) is 4.99. The number of rotatable bonds is 4. The third-order valence-electron chi connectivity index (χ3n) is 2.72. The monoisotopic (exact) mass is 231 g/mol. The van der Waals surface area contributed by atoms with Gasteiger partial charge in [0.15, 0.2) is 0 Å². The molecule has 90 valence electrons. The Kier molecular flexibility index (Phi) is 3.42. The second-order valence-electron chi connectivity index (χ2n) is 4.03. The maximum absolute atomic E-state index is 11.5. The van der Waals surface area contributed by atoms with Gasteiger partial charge in [-0.1, -0.05) is 6.92 Å². The van der Waals surface area contributed by atoms with Gasteiger partial charge in [0.2, 0.25) is 5.91 Å². The van der Waals surface area contributed by atoms with Crippen LogP contribution in [0.1, 0.15) is 26.7 Å². The molecule has 0 saturated carbocycles. The highest BCUT2D eigenvalue weighted by Crippen LogP contribution is 2.18. The topological polar surface area (TPSA) is 46.9 Å². The van der Waals surface area contributed by atoms with Gasteiger partial charge < -0.3 is 9.88 Å². The number of carbonyl (C=O) groups is 1. The van der Waals surface area contributed by atoms with E-state index in [1.54, 1.807) is 0 Å². The Balaban J connectivity index is 2.23. The molecule has 2 aromatic rings. The van der Waals surface area contributed by atoms with E-state index >= 15 is 0 Å². The van der Waals surface area contributed by atoms with E-state index < -0.39 is 0 Å². The van der Waals surface area contributed by atoms with Gasteiger partial charge in [0, 0.05) is 18.7 Å². The summed E-state index contributed by atoms with van der Waals surface area (Å²) in [5.74, 6) is 0.0572. The maximum atomic E-state index is 11.5. The molecular weight excluding hydrogens is 214 g/mol. The fourth-order valence-electron chi connectivity index (χ4n) is 1.84. The van der Waals surface area contributed by atoms with Gasteiger partial charge in [-0.3, -0.25) is 4.79 Å². The van der Waals surface area contributed by atoms with Crippen molar-refractivity contribution in [1.82, 2.24) is 9.55 Å². The number of hydrogen-bond acceptors (Lipinski definition) is 2. The van der Waals surface area contributed by atoms with Crippen molar-refractivity contribution in [1.29, 1.82) is 0 Å². The summed E-state index contributed by atoms with van der Waals surface area (Å²) >= 11 is 0. The summed E-state index contributed by atoms with van der Waals surface area (Å²) in [6.45, 7) is 4.97. The number of imidazole rings is 1. The molecule has 1 N–H and O–H groups in total. The molecule has 1 amide bonds. The van der Waals surface area contributed by atoms with E-state index in [2.05, 4.69) is 21.8 Å². The molecule has 4 heteroatoms. The third-order valence-corrected chi connectivity index (χ3v) is 2.72. The van der Waals surface area contributed by atoms with Gasteiger partial charge in [-0.25, -0.2) is 4.98 Å². The zero-order valence-corrected chi connectivity index (χ0v) is 10.2. The summed E-state index contributed by atoms with van der Waals surface area (Å²) in [6, 6.07) is 5.83. The Morgan fingerprint density at radius 2 is 2.24 bits per heavy atom. The van der Waals surface area contributed by atoms with Crippen LogP contribution in [-0.2, 0) is 11.3 Å². The van der Waals surface area contributed by atoms with Crippen molar-refractivity contribution in [2.24, 2.45) is 0 Å². The number of aromatic nitrogens is 2. The molecule has 2 rings (SSSR count). The SMILES string of the molecule is CCCC(=O)Nc1ccc2c(c1)ncn2CC. The minimum atomic E-state index is 0.0572. The van der Waals surface area contributed by atoms with Crippen molar-refractivity contribution in [2.45, 2.75) is 33.2 Å². The highest BCUT2D eigenvalue weighted by Gasteiger charge is 2.04. The number of hydrogen-bond donors (Lipinski definition) is 1. The summed E-state index contributed by atoms with van der Waals surface area (Å²) < 4.78 is 2.08. The Bertz CT molecular complexity index is 530. The summed E-state index contributed by atoms with van der Waals surface area (Å²) in [4.78, 5) is 15.8. The van der Waals surface area contributed by atoms with Gasteiger partial charge in [-0.2, -0.15) is 0 Å². The molecule has 0 saturated heterocycles. The average Bonchev–Trinajstić information content (AvgIpc) is 2.71. The number of carbonyl (C=O) groups excluding carboxylic acids is 1. The third kappa shape index (κ3) is 2.46. The molecule has 0 radical (unpaired) electrons. The Labute approximate surface area is 101 Å². The van der Waals surface area contributed by atoms with Crippen LogP contribution in [-0.4, -0.2) is 15.5 Å². The molecule has 0 aliphatic heterocycles. The molecule has 0 aliphatic rings. The smallest absolute Gasteiger partial charge is 0.224 e. The van der Waals surface area contributed by atoms with E-state index in [0.717, 1.165) is 29.7 Å². The molecule has 0 atom stereocenters. The standard InChI is InChI=1S/C13H17N3O/c1-3-5-13(17)15-10-6-7-12-11(8-10)14-9-16(12)4-2/h6-9H,3-5H2,1-2H3,(H,15,17). The Hall–Kier alpha value is -1.84. The van der Waals surface area contributed by atoms with Crippen LogP contribution in [0, 0.1) is 0 Å². The van der Waals surface area contributed by atoms with E-state index in [1.165, 1.54) is 0 Å². The highest BCUT2D eigenvalue weighted by atomic mass is 16.1. The first-order valence-electron chi connectivity index (χ1n) is 5.99. The lowest BCUT2D eigenvalue weighted by Gasteiger charge is -2.04. The van der Waals surface area contributed by atoms with Crippen LogP contribution in [0.3, 0.4) is 0 Å². The van der Waals surface area contributed by atoms with Gasteiger partial charge in [-0.05, 0) is 31.5 Å². The maximum Gasteiger partial charge on any atom is 0.224 e. The minimum absolute atomic E-state index is 0.0572. The van der Waals surface area contributed by atoms with Crippen LogP contribution in [0.5, 0.6) is 0 Å². The first-order valence-corrected chi connectivity index (χ1v) is 5.99. The minimum Gasteiger partial charge on any atom is -0.331 e. The molecule has 0 bridgehead atoms. The van der Waals surface area contributed by atoms with Crippen LogP contribution in [0.25, 0.3) is 11.0 Å². The van der Waals surface area contributed by atoms with Crippen molar-refractivity contribution in [3.05, 3.63) is 24.5 Å². The largest absolute Gasteiger partial charge is 0.331 e. The van der Waals surface area contributed by atoms with E-state index in [4.69, 9.17) is 0 Å². The van der Waals surface area contributed by atoms with Crippen molar-refractivity contribution in [3.8, 4) is 0 Å². The number of amides is 1. The zero-order valence-electron chi connectivity index (χ0n) is 10.2. The summed E-state index contributed by atoms with van der Waals surface area (Å²) in [6.07, 6.45) is 3.24. The Morgan fingerprint density at radius 1 is 1.41 bits per heavy atom. The van der Waals surface area contributed by atoms with Crippen LogP contribution >= 0.6 is 0 Å². The number of nitrogens with zero attached hydrogens (tertiary/aromatic N) is 2. The fraction of sp³-hybridized carbons (Fsp3) is 0.385. The van der Waals surface area contributed by atoms with Crippen LogP contribution in [0.2, 0.25) is 0 Å². The Morgan fingerprint density at radius 3 is 2.94 bits per heavy atom. The van der Waals surface area contributed by atoms with E-state index in [0.29, 0.717) is 6.42 Å². The van der Waals surface area contributed by atoms with Gasteiger partial charge in [0.05, 0.1) is 17.4 Å². The van der Waals surface area contributed by atoms with Crippen molar-refractivity contribution >= 4 is 22.6 Å². The fourth-order valence-corrected chi connectivity index (χ4v) is 1.84. The average molecular weight is 231 g/mol. The molecule has 0 unspecified atom stereocenters. The van der Waals surface area contributed by atoms with E-state index in [9.17, 15) is 4.79 Å². The molecule has 1 aromatic heterocycles. The molecule has 0 aliphatic carbocycles. The molecule has 17 heavy (non-hydrogen) atoms. The first-order chi connectivity index (χ1) is 8.24. The quantitative estimate of drug-likeness (QED) is 0.879. The lowest BCUT2D eigenvalue weighted by Crippen LogP contribution is -2.10. The lowest BCUT2D eigenvalue weighted by atomic mass is 10.2. The van der Waals surface area contributed by atoms with Gasteiger partial charge in [-0.15, -0.1) is 0 Å². The second-order valence-corrected chi connectivity index (χ2v) is 4.03. The number of benzene rings is 1. The first kappa shape index (κ1) is 11.6. The van der Waals surface area contributed by atoms with Crippen LogP contribution < -0.4 is 5.32 Å². The van der Waals surface area contributed by atoms with Gasteiger partial charge in [0.25, 0.3) is 0 Å². The highest BCUT2D eigenvalue weighted by molar-refractivity contribution is 5.93. The lowest BCUT2D eigenvalue weighted by molar-refractivity contribution is -0.116.